The molecule has 3 aromatic rings. The third-order valence-electron chi connectivity index (χ3n) is 5.09. The predicted octanol–water partition coefficient (Wildman–Crippen LogP) is 2.74. The molecule has 1 aliphatic heterocycles. The molecule has 0 unspecified atom stereocenters. The summed E-state index contributed by atoms with van der Waals surface area (Å²) in [5.74, 6) is 1.85. The van der Waals surface area contributed by atoms with Crippen LogP contribution in [0.1, 0.15) is 6.92 Å². The SMILES string of the molecule is COc1cc(-c2cc(N3CCOC[C@H]3C)nc3c2ccn3/C(N)=C/C=N)ccn1. The van der Waals surface area contributed by atoms with Crippen LogP contribution in [0.15, 0.2) is 42.7 Å². The number of hydrogen-bond acceptors (Lipinski definition) is 7. The maximum atomic E-state index is 7.34. The van der Waals surface area contributed by atoms with Crippen molar-refractivity contribution >= 4 is 28.9 Å². The van der Waals surface area contributed by atoms with E-state index in [4.69, 9.17) is 25.6 Å². The van der Waals surface area contributed by atoms with Gasteiger partial charge in [-0.25, -0.2) is 9.97 Å². The number of methoxy groups -OCH3 is 1. The summed E-state index contributed by atoms with van der Waals surface area (Å²) in [5.41, 5.74) is 8.92. The van der Waals surface area contributed by atoms with E-state index in [2.05, 4.69) is 22.9 Å². The van der Waals surface area contributed by atoms with Crippen molar-refractivity contribution < 1.29 is 9.47 Å². The zero-order valence-corrected chi connectivity index (χ0v) is 16.5. The van der Waals surface area contributed by atoms with Crippen molar-refractivity contribution in [3.05, 3.63) is 42.7 Å². The summed E-state index contributed by atoms with van der Waals surface area (Å²) < 4.78 is 12.7. The van der Waals surface area contributed by atoms with Gasteiger partial charge in [0.05, 0.1) is 26.4 Å². The van der Waals surface area contributed by atoms with Gasteiger partial charge in [-0.1, -0.05) is 0 Å². The van der Waals surface area contributed by atoms with Crippen LogP contribution in [0.25, 0.3) is 28.0 Å². The maximum Gasteiger partial charge on any atom is 0.213 e. The van der Waals surface area contributed by atoms with Gasteiger partial charge in [0, 0.05) is 36.6 Å². The smallest absolute Gasteiger partial charge is 0.213 e. The van der Waals surface area contributed by atoms with E-state index in [0.717, 1.165) is 34.5 Å². The number of ether oxygens (including phenoxy) is 2. The molecule has 0 aromatic carbocycles. The highest BCUT2D eigenvalue weighted by Gasteiger charge is 2.23. The Bertz CT molecular complexity index is 1070. The van der Waals surface area contributed by atoms with Crippen LogP contribution >= 0.6 is 0 Å². The minimum Gasteiger partial charge on any atom is -0.481 e. The molecule has 3 N–H and O–H groups in total. The third kappa shape index (κ3) is 3.54. The minimum absolute atomic E-state index is 0.214. The zero-order valence-electron chi connectivity index (χ0n) is 16.5. The second-order valence-electron chi connectivity index (χ2n) is 6.91. The molecule has 0 amide bonds. The van der Waals surface area contributed by atoms with Gasteiger partial charge >= 0.3 is 0 Å². The maximum absolute atomic E-state index is 7.34. The zero-order chi connectivity index (χ0) is 20.4. The molecule has 8 heteroatoms. The first-order valence-corrected chi connectivity index (χ1v) is 9.46. The number of fused-ring (bicyclic) bond motifs is 1. The third-order valence-corrected chi connectivity index (χ3v) is 5.09. The van der Waals surface area contributed by atoms with E-state index in [-0.39, 0.29) is 6.04 Å². The van der Waals surface area contributed by atoms with Gasteiger partial charge in [0.1, 0.15) is 17.3 Å². The van der Waals surface area contributed by atoms with Crippen LogP contribution in [0.2, 0.25) is 0 Å². The number of rotatable bonds is 5. The Morgan fingerprint density at radius 3 is 3.00 bits per heavy atom. The van der Waals surface area contributed by atoms with Gasteiger partial charge in [0.15, 0.2) is 0 Å². The Kier molecular flexibility index (Phi) is 5.18. The first-order valence-electron chi connectivity index (χ1n) is 9.46. The van der Waals surface area contributed by atoms with Crippen LogP contribution in [0.3, 0.4) is 0 Å². The summed E-state index contributed by atoms with van der Waals surface area (Å²) in [6, 6.07) is 8.17. The standard InChI is InChI=1S/C21H24N6O2/c1-14-13-29-10-9-26(14)19-12-17(15-4-7-24-20(11-15)28-2)16-5-8-27(21(16)25-19)18(23)3-6-22/h3-8,11-12,14,22H,9-10,13,23H2,1-2H3/b18-3+,22-6?/t14-/m1/s1. The molecule has 1 aliphatic rings. The van der Waals surface area contributed by atoms with Gasteiger partial charge in [0.2, 0.25) is 5.88 Å². The van der Waals surface area contributed by atoms with Gasteiger partial charge < -0.3 is 25.5 Å². The van der Waals surface area contributed by atoms with E-state index in [1.807, 2.05) is 24.4 Å². The van der Waals surface area contributed by atoms with Crippen LogP contribution < -0.4 is 15.4 Å². The monoisotopic (exact) mass is 392 g/mol. The molecule has 150 valence electrons. The quantitative estimate of drug-likeness (QED) is 0.647. The molecule has 0 bridgehead atoms. The van der Waals surface area contributed by atoms with Crippen LogP contribution in [-0.2, 0) is 4.74 Å². The average molecular weight is 392 g/mol. The molecule has 0 radical (unpaired) electrons. The van der Waals surface area contributed by atoms with Crippen LogP contribution in [0, 0.1) is 5.41 Å². The molecular weight excluding hydrogens is 368 g/mol. The van der Waals surface area contributed by atoms with Crippen LogP contribution in [0.4, 0.5) is 5.82 Å². The Morgan fingerprint density at radius 2 is 2.24 bits per heavy atom. The number of nitrogens with one attached hydrogen (secondary N) is 1. The summed E-state index contributed by atoms with van der Waals surface area (Å²) in [7, 11) is 1.61. The van der Waals surface area contributed by atoms with Gasteiger partial charge in [0.25, 0.3) is 0 Å². The lowest BCUT2D eigenvalue weighted by atomic mass is 10.0. The Labute approximate surface area is 169 Å². The molecule has 4 heterocycles. The van der Waals surface area contributed by atoms with E-state index in [0.29, 0.717) is 24.9 Å². The van der Waals surface area contributed by atoms with Crippen molar-refractivity contribution in [2.24, 2.45) is 5.73 Å². The first-order chi connectivity index (χ1) is 14.1. The van der Waals surface area contributed by atoms with Gasteiger partial charge in [-0.2, -0.15) is 0 Å². The van der Waals surface area contributed by atoms with Crippen molar-refractivity contribution in [2.45, 2.75) is 13.0 Å². The number of pyridine rings is 2. The summed E-state index contributed by atoms with van der Waals surface area (Å²) in [5, 5.41) is 8.30. The summed E-state index contributed by atoms with van der Waals surface area (Å²) in [6.45, 7) is 4.22. The molecule has 0 spiro atoms. The van der Waals surface area contributed by atoms with E-state index in [1.165, 1.54) is 6.21 Å². The Morgan fingerprint density at radius 1 is 1.38 bits per heavy atom. The molecule has 29 heavy (non-hydrogen) atoms. The Balaban J connectivity index is 1.95. The molecule has 0 saturated carbocycles. The molecule has 1 saturated heterocycles. The number of nitrogens with zero attached hydrogens (tertiary/aromatic N) is 4. The van der Waals surface area contributed by atoms with Gasteiger partial charge in [-0.15, -0.1) is 0 Å². The predicted molar refractivity (Wildman–Crippen MR) is 114 cm³/mol. The van der Waals surface area contributed by atoms with E-state index >= 15 is 0 Å². The average Bonchev–Trinajstić information content (AvgIpc) is 3.18. The second-order valence-corrected chi connectivity index (χ2v) is 6.91. The highest BCUT2D eigenvalue weighted by atomic mass is 16.5. The largest absolute Gasteiger partial charge is 0.481 e. The number of morpholine rings is 1. The van der Waals surface area contributed by atoms with E-state index in [9.17, 15) is 0 Å². The highest BCUT2D eigenvalue weighted by molar-refractivity contribution is 5.97. The Hall–Kier alpha value is -3.39. The number of hydrogen-bond donors (Lipinski definition) is 2. The van der Waals surface area contributed by atoms with E-state index in [1.54, 1.807) is 23.9 Å². The normalized spacial score (nSPS) is 17.5. The van der Waals surface area contributed by atoms with E-state index < -0.39 is 0 Å². The number of anilines is 1. The summed E-state index contributed by atoms with van der Waals surface area (Å²) in [4.78, 5) is 11.4. The lowest BCUT2D eigenvalue weighted by Gasteiger charge is -2.34. The molecule has 3 aromatic heterocycles. The first kappa shape index (κ1) is 18.9. The van der Waals surface area contributed by atoms with Crippen molar-refractivity contribution in [3.8, 4) is 17.0 Å². The second kappa shape index (κ2) is 7.92. The number of nitrogens with two attached hydrogens (primary N) is 1. The van der Waals surface area contributed by atoms with Crippen molar-refractivity contribution in [1.29, 1.82) is 5.41 Å². The van der Waals surface area contributed by atoms with Gasteiger partial charge in [-0.3, -0.25) is 4.57 Å². The van der Waals surface area contributed by atoms with Crippen molar-refractivity contribution in [1.82, 2.24) is 14.5 Å². The van der Waals surface area contributed by atoms with Crippen molar-refractivity contribution in [3.63, 3.8) is 0 Å². The molecule has 1 atom stereocenters. The fourth-order valence-corrected chi connectivity index (χ4v) is 3.61. The molecular formula is C21H24N6O2. The molecule has 0 aliphatic carbocycles. The number of allylic oxidation sites excluding steroid dienone is 1. The van der Waals surface area contributed by atoms with Crippen LogP contribution in [-0.4, -0.2) is 53.7 Å². The van der Waals surface area contributed by atoms with Crippen molar-refractivity contribution in [2.75, 3.05) is 31.8 Å². The summed E-state index contributed by atoms with van der Waals surface area (Å²) >= 11 is 0. The van der Waals surface area contributed by atoms with Crippen LogP contribution in [0.5, 0.6) is 5.88 Å². The lowest BCUT2D eigenvalue weighted by Crippen LogP contribution is -2.44. The molecule has 1 fully saturated rings. The lowest BCUT2D eigenvalue weighted by molar-refractivity contribution is 0.0986. The number of aromatic nitrogens is 3. The molecule has 4 rings (SSSR count). The fraction of sp³-hybridized carbons (Fsp3) is 0.286. The van der Waals surface area contributed by atoms with Gasteiger partial charge in [-0.05, 0) is 42.3 Å². The minimum atomic E-state index is 0.214. The molecule has 8 nitrogen and oxygen atoms in total. The highest BCUT2D eigenvalue weighted by Crippen LogP contribution is 2.34. The fourth-order valence-electron chi connectivity index (χ4n) is 3.61. The summed E-state index contributed by atoms with van der Waals surface area (Å²) in [6.07, 6.45) is 6.32. The topological polar surface area (TPSA) is 102 Å².